The molecule has 1 amide bonds. The molecule has 2 aromatic heterocycles. The Morgan fingerprint density at radius 3 is 2.56 bits per heavy atom. The standard InChI is InChI=1S/C24H23N3O3S2/c1-15-8-10-18(16(2)12-15)22-13-20(19-6-4-5-7-21(19)27-22)24(28)26-14-17-9-11-23(31-17)32(29,30)25-3/h4-13,25H,14H2,1-3H3,(H,26,28). The Kier molecular flexibility index (Phi) is 6.10. The second kappa shape index (κ2) is 8.82. The number of carbonyl (C=O) groups is 1. The molecule has 4 aromatic rings. The Balaban J connectivity index is 1.66. The molecule has 0 aliphatic heterocycles. The number of rotatable bonds is 6. The number of aromatic nitrogens is 1. The molecule has 2 heterocycles. The number of nitrogens with zero attached hydrogens (tertiary/aromatic N) is 1. The summed E-state index contributed by atoms with van der Waals surface area (Å²) in [6.07, 6.45) is 0. The Hall–Kier alpha value is -3.07. The summed E-state index contributed by atoms with van der Waals surface area (Å²) >= 11 is 1.13. The number of nitrogens with one attached hydrogen (secondary N) is 2. The molecule has 32 heavy (non-hydrogen) atoms. The first-order valence-electron chi connectivity index (χ1n) is 10.1. The number of sulfonamides is 1. The van der Waals surface area contributed by atoms with E-state index in [1.54, 1.807) is 6.07 Å². The number of thiophene rings is 1. The van der Waals surface area contributed by atoms with Gasteiger partial charge < -0.3 is 5.32 Å². The molecule has 4 rings (SSSR count). The van der Waals surface area contributed by atoms with Gasteiger partial charge in [-0.3, -0.25) is 4.79 Å². The van der Waals surface area contributed by atoms with Crippen LogP contribution < -0.4 is 10.0 Å². The Labute approximate surface area is 191 Å². The van der Waals surface area contributed by atoms with E-state index in [2.05, 4.69) is 16.1 Å². The minimum absolute atomic E-state index is 0.218. The highest BCUT2D eigenvalue weighted by Gasteiger charge is 2.17. The maximum atomic E-state index is 13.1. The van der Waals surface area contributed by atoms with Crippen LogP contribution in [0.25, 0.3) is 22.2 Å². The molecule has 0 aliphatic carbocycles. The summed E-state index contributed by atoms with van der Waals surface area (Å²) in [6.45, 7) is 4.31. The largest absolute Gasteiger partial charge is 0.347 e. The molecule has 0 saturated heterocycles. The van der Waals surface area contributed by atoms with Crippen molar-refractivity contribution < 1.29 is 13.2 Å². The molecule has 2 aromatic carbocycles. The highest BCUT2D eigenvalue weighted by molar-refractivity contribution is 7.91. The lowest BCUT2D eigenvalue weighted by atomic mass is 9.99. The van der Waals surface area contributed by atoms with Gasteiger partial charge in [-0.15, -0.1) is 11.3 Å². The number of fused-ring (bicyclic) bond motifs is 1. The van der Waals surface area contributed by atoms with Gasteiger partial charge in [0.2, 0.25) is 10.0 Å². The average molecular weight is 466 g/mol. The van der Waals surface area contributed by atoms with Crippen molar-refractivity contribution >= 4 is 38.2 Å². The van der Waals surface area contributed by atoms with E-state index in [0.717, 1.165) is 43.9 Å². The molecule has 0 saturated carbocycles. The van der Waals surface area contributed by atoms with E-state index in [4.69, 9.17) is 4.98 Å². The summed E-state index contributed by atoms with van der Waals surface area (Å²) in [6, 6.07) is 18.8. The van der Waals surface area contributed by atoms with E-state index in [-0.39, 0.29) is 16.7 Å². The third kappa shape index (κ3) is 4.43. The zero-order valence-corrected chi connectivity index (χ0v) is 19.6. The van der Waals surface area contributed by atoms with Gasteiger partial charge in [-0.2, -0.15) is 0 Å². The van der Waals surface area contributed by atoms with Crippen LogP contribution >= 0.6 is 11.3 Å². The third-order valence-electron chi connectivity index (χ3n) is 5.21. The van der Waals surface area contributed by atoms with Crippen LogP contribution in [0.5, 0.6) is 0 Å². The summed E-state index contributed by atoms with van der Waals surface area (Å²) in [5.74, 6) is -0.235. The van der Waals surface area contributed by atoms with Crippen molar-refractivity contribution in [2.24, 2.45) is 0 Å². The number of carbonyl (C=O) groups excluding carboxylic acids is 1. The van der Waals surface area contributed by atoms with Gasteiger partial charge in [0.1, 0.15) is 4.21 Å². The maximum Gasteiger partial charge on any atom is 0.252 e. The minimum Gasteiger partial charge on any atom is -0.347 e. The lowest BCUT2D eigenvalue weighted by molar-refractivity contribution is 0.0953. The van der Waals surface area contributed by atoms with E-state index < -0.39 is 10.0 Å². The summed E-state index contributed by atoms with van der Waals surface area (Å²) < 4.78 is 26.4. The number of hydrogen-bond donors (Lipinski definition) is 2. The van der Waals surface area contributed by atoms with Crippen molar-refractivity contribution in [3.05, 3.63) is 82.2 Å². The molecule has 0 spiro atoms. The summed E-state index contributed by atoms with van der Waals surface area (Å²) in [5, 5.41) is 3.69. The zero-order chi connectivity index (χ0) is 22.9. The van der Waals surface area contributed by atoms with Crippen molar-refractivity contribution in [2.75, 3.05) is 7.05 Å². The fraction of sp³-hybridized carbons (Fsp3) is 0.167. The predicted molar refractivity (Wildman–Crippen MR) is 128 cm³/mol. The molecular weight excluding hydrogens is 442 g/mol. The second-order valence-electron chi connectivity index (χ2n) is 7.50. The third-order valence-corrected chi connectivity index (χ3v) is 8.20. The van der Waals surface area contributed by atoms with Gasteiger partial charge in [-0.05, 0) is 50.7 Å². The summed E-state index contributed by atoms with van der Waals surface area (Å²) in [7, 11) is -2.12. The number of pyridine rings is 1. The number of para-hydroxylation sites is 1. The van der Waals surface area contributed by atoms with Crippen molar-refractivity contribution in [2.45, 2.75) is 24.6 Å². The van der Waals surface area contributed by atoms with Crippen molar-refractivity contribution in [1.82, 2.24) is 15.0 Å². The van der Waals surface area contributed by atoms with E-state index in [9.17, 15) is 13.2 Å². The van der Waals surface area contributed by atoms with E-state index in [1.807, 2.05) is 56.3 Å². The first-order valence-corrected chi connectivity index (χ1v) is 12.4. The lowest BCUT2D eigenvalue weighted by Crippen LogP contribution is -2.23. The fourth-order valence-electron chi connectivity index (χ4n) is 3.56. The Morgan fingerprint density at radius 2 is 1.81 bits per heavy atom. The molecule has 0 unspecified atom stereocenters. The molecule has 0 radical (unpaired) electrons. The molecular formula is C24H23N3O3S2. The smallest absolute Gasteiger partial charge is 0.252 e. The van der Waals surface area contributed by atoms with Crippen LogP contribution in [0.2, 0.25) is 0 Å². The lowest BCUT2D eigenvalue weighted by Gasteiger charge is -2.12. The maximum absolute atomic E-state index is 13.1. The van der Waals surface area contributed by atoms with Crippen LogP contribution in [0, 0.1) is 13.8 Å². The van der Waals surface area contributed by atoms with Gasteiger partial charge in [0, 0.05) is 15.8 Å². The highest BCUT2D eigenvalue weighted by atomic mass is 32.2. The number of hydrogen-bond acceptors (Lipinski definition) is 5. The summed E-state index contributed by atoms with van der Waals surface area (Å²) in [4.78, 5) is 18.7. The van der Waals surface area contributed by atoms with Crippen LogP contribution in [0.4, 0.5) is 0 Å². The van der Waals surface area contributed by atoms with E-state index in [1.165, 1.54) is 18.7 Å². The van der Waals surface area contributed by atoms with Crippen LogP contribution in [0.1, 0.15) is 26.4 Å². The molecule has 0 fully saturated rings. The molecule has 0 bridgehead atoms. The number of aryl methyl sites for hydroxylation is 2. The molecule has 2 N–H and O–H groups in total. The van der Waals surface area contributed by atoms with E-state index >= 15 is 0 Å². The topological polar surface area (TPSA) is 88.2 Å². The van der Waals surface area contributed by atoms with Gasteiger partial charge in [0.15, 0.2) is 0 Å². The molecule has 8 heteroatoms. The quantitative estimate of drug-likeness (QED) is 0.441. The normalized spacial score (nSPS) is 11.6. The van der Waals surface area contributed by atoms with Crippen LogP contribution in [0.15, 0.2) is 64.9 Å². The van der Waals surface area contributed by atoms with Crippen LogP contribution in [-0.2, 0) is 16.6 Å². The SMILES string of the molecule is CNS(=O)(=O)c1ccc(CNC(=O)c2cc(-c3ccc(C)cc3C)nc3ccccc23)s1. The van der Waals surface area contributed by atoms with Gasteiger partial charge in [0.25, 0.3) is 5.91 Å². The summed E-state index contributed by atoms with van der Waals surface area (Å²) in [5.41, 5.74) is 5.26. The van der Waals surface area contributed by atoms with Crippen molar-refractivity contribution in [3.8, 4) is 11.3 Å². The van der Waals surface area contributed by atoms with Crippen LogP contribution in [0.3, 0.4) is 0 Å². The van der Waals surface area contributed by atoms with Gasteiger partial charge >= 0.3 is 0 Å². The average Bonchev–Trinajstić information content (AvgIpc) is 3.27. The highest BCUT2D eigenvalue weighted by Crippen LogP contribution is 2.28. The van der Waals surface area contributed by atoms with Crippen LogP contribution in [-0.4, -0.2) is 26.4 Å². The van der Waals surface area contributed by atoms with Crippen molar-refractivity contribution in [3.63, 3.8) is 0 Å². The van der Waals surface area contributed by atoms with Gasteiger partial charge in [-0.1, -0.05) is 42.0 Å². The Bertz CT molecular complexity index is 1430. The fourth-order valence-corrected chi connectivity index (χ4v) is 5.70. The van der Waals surface area contributed by atoms with Crippen molar-refractivity contribution in [1.29, 1.82) is 0 Å². The molecule has 6 nitrogen and oxygen atoms in total. The first-order chi connectivity index (χ1) is 15.3. The minimum atomic E-state index is -3.49. The molecule has 0 aliphatic rings. The molecule has 0 atom stereocenters. The monoisotopic (exact) mass is 465 g/mol. The molecule has 164 valence electrons. The van der Waals surface area contributed by atoms with Gasteiger partial charge in [-0.25, -0.2) is 18.1 Å². The number of amides is 1. The Morgan fingerprint density at radius 1 is 1.03 bits per heavy atom. The first kappa shape index (κ1) is 22.1. The van der Waals surface area contributed by atoms with Gasteiger partial charge in [0.05, 0.1) is 23.3 Å². The number of benzene rings is 2. The second-order valence-corrected chi connectivity index (χ2v) is 10.8. The predicted octanol–water partition coefficient (Wildman–Crippen LogP) is 4.42. The zero-order valence-electron chi connectivity index (χ0n) is 18.0. The van der Waals surface area contributed by atoms with E-state index in [0.29, 0.717) is 5.56 Å².